The lowest BCUT2D eigenvalue weighted by molar-refractivity contribution is -0.202. The molecule has 152 valence electrons. The lowest BCUT2D eigenvalue weighted by Gasteiger charge is -2.24. The van der Waals surface area contributed by atoms with Crippen LogP contribution in [0.5, 0.6) is 0 Å². The zero-order valence-corrected chi connectivity index (χ0v) is 16.8. The van der Waals surface area contributed by atoms with Crippen LogP contribution < -0.4 is 0 Å². The minimum atomic E-state index is -0.710. The van der Waals surface area contributed by atoms with Crippen LogP contribution in [0.2, 0.25) is 5.15 Å². The molecule has 4 atom stereocenters. The second kappa shape index (κ2) is 7.30. The van der Waals surface area contributed by atoms with Crippen molar-refractivity contribution in [2.75, 3.05) is 6.61 Å². The highest BCUT2D eigenvalue weighted by Gasteiger charge is 2.56. The van der Waals surface area contributed by atoms with Crippen LogP contribution in [0.4, 0.5) is 0 Å². The van der Waals surface area contributed by atoms with E-state index < -0.39 is 12.0 Å². The fourth-order valence-corrected chi connectivity index (χ4v) is 4.07. The molecule has 0 unspecified atom stereocenters. The molecule has 29 heavy (non-hydrogen) atoms. The molecule has 9 heteroatoms. The Hall–Kier alpha value is -2.10. The third kappa shape index (κ3) is 3.51. The third-order valence-electron chi connectivity index (χ3n) is 5.11. The number of rotatable bonds is 5. The fourth-order valence-electron chi connectivity index (χ4n) is 3.89. The highest BCUT2D eigenvalue weighted by molar-refractivity contribution is 6.33. The number of hydrogen-bond acceptors (Lipinski definition) is 7. The molecule has 2 aliphatic rings. The van der Waals surface area contributed by atoms with E-state index in [1.54, 1.807) is 6.33 Å². The predicted molar refractivity (Wildman–Crippen MR) is 104 cm³/mol. The Balaban J connectivity index is 1.38. The largest absolute Gasteiger partial charge is 0.374 e. The topological polar surface area (TPSA) is 80.5 Å². The van der Waals surface area contributed by atoms with Gasteiger partial charge in [-0.05, 0) is 19.4 Å². The van der Waals surface area contributed by atoms with Crippen LogP contribution in [0.3, 0.4) is 0 Å². The van der Waals surface area contributed by atoms with E-state index in [2.05, 4.69) is 15.0 Å². The smallest absolute Gasteiger partial charge is 0.167 e. The monoisotopic (exact) mass is 416 g/mol. The molecule has 0 bridgehead atoms. The molecular weight excluding hydrogens is 396 g/mol. The summed E-state index contributed by atoms with van der Waals surface area (Å²) in [5, 5.41) is 0.301. The molecular formula is C20H21ClN4O4. The average Bonchev–Trinajstić information content (AvgIpc) is 3.35. The SMILES string of the molecule is CC1(C)O[C@@H]2[C@H](O1)[C@@H](COCc1ccccc1)O[C@H]2n1cnc2c(Cl)ncnc21. The van der Waals surface area contributed by atoms with Gasteiger partial charge in [0, 0.05) is 0 Å². The summed E-state index contributed by atoms with van der Waals surface area (Å²) < 4.78 is 26.3. The minimum absolute atomic E-state index is 0.263. The summed E-state index contributed by atoms with van der Waals surface area (Å²) in [7, 11) is 0. The van der Waals surface area contributed by atoms with Crippen LogP contribution in [0.25, 0.3) is 11.2 Å². The van der Waals surface area contributed by atoms with E-state index in [-0.39, 0.29) is 18.3 Å². The van der Waals surface area contributed by atoms with E-state index in [1.165, 1.54) is 6.33 Å². The van der Waals surface area contributed by atoms with E-state index >= 15 is 0 Å². The first-order valence-corrected chi connectivity index (χ1v) is 9.85. The number of nitrogens with zero attached hydrogens (tertiary/aromatic N) is 4. The van der Waals surface area contributed by atoms with Gasteiger partial charge in [-0.25, -0.2) is 15.0 Å². The Morgan fingerprint density at radius 3 is 2.72 bits per heavy atom. The molecule has 8 nitrogen and oxygen atoms in total. The zero-order chi connectivity index (χ0) is 20.0. The van der Waals surface area contributed by atoms with Crippen molar-refractivity contribution in [3.05, 3.63) is 53.7 Å². The van der Waals surface area contributed by atoms with E-state index in [0.717, 1.165) is 5.56 Å². The quantitative estimate of drug-likeness (QED) is 0.591. The van der Waals surface area contributed by atoms with Crippen molar-refractivity contribution in [1.29, 1.82) is 0 Å². The molecule has 0 radical (unpaired) electrons. The van der Waals surface area contributed by atoms with Crippen LogP contribution in [0.15, 0.2) is 43.0 Å². The second-order valence-electron chi connectivity index (χ2n) is 7.62. The first kappa shape index (κ1) is 18.9. The highest BCUT2D eigenvalue weighted by atomic mass is 35.5. The summed E-state index contributed by atoms with van der Waals surface area (Å²) in [5.41, 5.74) is 2.22. The van der Waals surface area contributed by atoms with Crippen LogP contribution >= 0.6 is 11.6 Å². The number of benzene rings is 1. The fraction of sp³-hybridized carbons (Fsp3) is 0.450. The van der Waals surface area contributed by atoms with Crippen molar-refractivity contribution in [2.24, 2.45) is 0 Å². The number of fused-ring (bicyclic) bond motifs is 2. The summed E-state index contributed by atoms with van der Waals surface area (Å²) in [6, 6.07) is 10.0. The van der Waals surface area contributed by atoms with E-state index in [9.17, 15) is 0 Å². The Kier molecular flexibility index (Phi) is 4.76. The third-order valence-corrected chi connectivity index (χ3v) is 5.38. The van der Waals surface area contributed by atoms with Crippen molar-refractivity contribution in [3.63, 3.8) is 0 Å². The Morgan fingerprint density at radius 1 is 1.10 bits per heavy atom. The molecule has 2 fully saturated rings. The molecule has 3 aromatic rings. The Morgan fingerprint density at radius 2 is 1.90 bits per heavy atom. The van der Waals surface area contributed by atoms with Gasteiger partial charge in [-0.3, -0.25) is 4.57 Å². The molecule has 2 aliphatic heterocycles. The molecule has 0 amide bonds. The molecule has 2 aromatic heterocycles. The summed E-state index contributed by atoms with van der Waals surface area (Å²) >= 11 is 6.15. The van der Waals surface area contributed by atoms with Gasteiger partial charge in [0.2, 0.25) is 0 Å². The number of aromatic nitrogens is 4. The van der Waals surface area contributed by atoms with Crippen molar-refractivity contribution in [3.8, 4) is 0 Å². The maximum absolute atomic E-state index is 6.30. The van der Waals surface area contributed by atoms with Gasteiger partial charge in [-0.1, -0.05) is 41.9 Å². The molecule has 1 aromatic carbocycles. The van der Waals surface area contributed by atoms with E-state index in [0.29, 0.717) is 29.5 Å². The normalized spacial score (nSPS) is 28.1. The predicted octanol–water partition coefficient (Wildman–Crippen LogP) is 3.11. The highest BCUT2D eigenvalue weighted by Crippen LogP contribution is 2.44. The van der Waals surface area contributed by atoms with Gasteiger partial charge in [-0.15, -0.1) is 0 Å². The summed E-state index contributed by atoms with van der Waals surface area (Å²) in [5.74, 6) is -0.710. The van der Waals surface area contributed by atoms with Crippen molar-refractivity contribution in [2.45, 2.75) is 50.8 Å². The number of ether oxygens (including phenoxy) is 4. The van der Waals surface area contributed by atoms with Gasteiger partial charge >= 0.3 is 0 Å². The standard InChI is InChI=1S/C20H21ClN4O4/c1-20(2)28-15-13(9-26-8-12-6-4-3-5-7-12)27-19(16(15)29-20)25-11-24-14-17(21)22-10-23-18(14)25/h3-7,10-11,13,15-16,19H,8-9H2,1-2H3/t13-,15-,16-,19-/m1/s1. The van der Waals surface area contributed by atoms with Gasteiger partial charge in [0.05, 0.1) is 19.5 Å². The number of halogens is 1. The lowest BCUT2D eigenvalue weighted by Crippen LogP contribution is -2.32. The Labute approximate surface area is 172 Å². The van der Waals surface area contributed by atoms with Crippen LogP contribution in [-0.2, 0) is 25.6 Å². The first-order valence-electron chi connectivity index (χ1n) is 9.48. The molecule has 4 heterocycles. The second-order valence-corrected chi connectivity index (χ2v) is 7.98. The molecule has 0 aliphatic carbocycles. The van der Waals surface area contributed by atoms with Gasteiger partial charge in [-0.2, -0.15) is 0 Å². The summed E-state index contributed by atoms with van der Waals surface area (Å²) in [6.45, 7) is 4.68. The molecule has 5 rings (SSSR count). The summed E-state index contributed by atoms with van der Waals surface area (Å²) in [4.78, 5) is 12.6. The van der Waals surface area contributed by atoms with E-state index in [1.807, 2.05) is 48.7 Å². The van der Waals surface area contributed by atoms with E-state index in [4.69, 9.17) is 30.5 Å². The first-order chi connectivity index (χ1) is 14.0. The van der Waals surface area contributed by atoms with Crippen LogP contribution in [-0.4, -0.2) is 50.2 Å². The Bertz CT molecular complexity index is 1010. The van der Waals surface area contributed by atoms with Crippen molar-refractivity contribution >= 4 is 22.8 Å². The lowest BCUT2D eigenvalue weighted by atomic mass is 10.1. The van der Waals surface area contributed by atoms with Crippen LogP contribution in [0.1, 0.15) is 25.6 Å². The van der Waals surface area contributed by atoms with Crippen molar-refractivity contribution in [1.82, 2.24) is 19.5 Å². The van der Waals surface area contributed by atoms with Gasteiger partial charge in [0.1, 0.15) is 30.2 Å². The maximum atomic E-state index is 6.30. The van der Waals surface area contributed by atoms with Crippen LogP contribution in [0, 0.1) is 0 Å². The molecule has 0 spiro atoms. The van der Waals surface area contributed by atoms with Crippen molar-refractivity contribution < 1.29 is 18.9 Å². The number of imidazole rings is 1. The molecule has 2 saturated heterocycles. The van der Waals surface area contributed by atoms with Gasteiger partial charge in [0.25, 0.3) is 0 Å². The molecule has 0 N–H and O–H groups in total. The molecule has 0 saturated carbocycles. The number of hydrogen-bond donors (Lipinski definition) is 0. The maximum Gasteiger partial charge on any atom is 0.167 e. The zero-order valence-electron chi connectivity index (χ0n) is 16.1. The average molecular weight is 417 g/mol. The van der Waals surface area contributed by atoms with Gasteiger partial charge in [0.15, 0.2) is 22.8 Å². The van der Waals surface area contributed by atoms with Gasteiger partial charge < -0.3 is 18.9 Å². The minimum Gasteiger partial charge on any atom is -0.374 e. The summed E-state index contributed by atoms with van der Waals surface area (Å²) in [6.07, 6.45) is 1.73.